The number of aliphatic imine (C=N–C) groups is 1. The number of nitrogens with zero attached hydrogens (tertiary/aromatic N) is 2. The number of unbranched alkanes of at least 4 members (excludes halogenated alkanes) is 4. The van der Waals surface area contributed by atoms with E-state index in [1.165, 1.54) is 11.3 Å². The number of allylic oxidation sites excluding steroid dienone is 1. The van der Waals surface area contributed by atoms with E-state index in [1.807, 2.05) is 30.3 Å². The van der Waals surface area contributed by atoms with Crippen LogP contribution in [-0.2, 0) is 16.1 Å². The van der Waals surface area contributed by atoms with Crippen LogP contribution in [0.15, 0.2) is 29.3 Å². The fourth-order valence-electron chi connectivity index (χ4n) is 3.63. The number of hydrogen-bond donors (Lipinski definition) is 3. The summed E-state index contributed by atoms with van der Waals surface area (Å²) in [6.45, 7) is 1.20. The fourth-order valence-corrected chi connectivity index (χ4v) is 4.94. The SMILES string of the molecule is O=C(O)CCCCCNC(=O)CCCCCn1c(O)c(/C=C2\C=Nc3ccccc32)sc1=S. The lowest BCUT2D eigenvalue weighted by Crippen LogP contribution is -2.24. The van der Waals surface area contributed by atoms with Crippen molar-refractivity contribution in [2.75, 3.05) is 6.54 Å². The number of benzene rings is 1. The molecule has 1 amide bonds. The van der Waals surface area contributed by atoms with Gasteiger partial charge in [-0.1, -0.05) is 31.0 Å². The molecule has 0 spiro atoms. The number of amides is 1. The molecule has 0 aliphatic carbocycles. The van der Waals surface area contributed by atoms with E-state index in [1.54, 1.807) is 10.8 Å². The number of nitrogens with one attached hydrogen (secondary N) is 1. The quantitative estimate of drug-likeness (QED) is 0.253. The summed E-state index contributed by atoms with van der Waals surface area (Å²) in [5, 5.41) is 22.1. The molecule has 1 aliphatic heterocycles. The normalized spacial score (nSPS) is 13.4. The first-order chi connectivity index (χ1) is 16.0. The number of thiazole rings is 1. The highest BCUT2D eigenvalue weighted by atomic mass is 32.1. The number of rotatable bonds is 13. The van der Waals surface area contributed by atoms with Gasteiger partial charge in [-0.3, -0.25) is 19.1 Å². The number of carboxylic acids is 1. The first kappa shape index (κ1) is 24.9. The lowest BCUT2D eigenvalue weighted by atomic mass is 10.1. The highest BCUT2D eigenvalue weighted by Crippen LogP contribution is 2.35. The van der Waals surface area contributed by atoms with E-state index >= 15 is 0 Å². The highest BCUT2D eigenvalue weighted by Gasteiger charge is 2.15. The van der Waals surface area contributed by atoms with Crippen LogP contribution < -0.4 is 5.32 Å². The molecule has 0 radical (unpaired) electrons. The van der Waals surface area contributed by atoms with E-state index in [9.17, 15) is 14.7 Å². The molecule has 0 unspecified atom stereocenters. The number of fused-ring (bicyclic) bond motifs is 1. The zero-order valence-corrected chi connectivity index (χ0v) is 20.1. The van der Waals surface area contributed by atoms with E-state index in [2.05, 4.69) is 10.3 Å². The maximum atomic E-state index is 11.9. The van der Waals surface area contributed by atoms with Crippen LogP contribution in [0.3, 0.4) is 0 Å². The van der Waals surface area contributed by atoms with Crippen LogP contribution in [-0.4, -0.2) is 39.4 Å². The van der Waals surface area contributed by atoms with Crippen LogP contribution >= 0.6 is 23.6 Å². The molecule has 176 valence electrons. The summed E-state index contributed by atoms with van der Waals surface area (Å²) < 4.78 is 2.38. The molecule has 1 aliphatic rings. The van der Waals surface area contributed by atoms with Gasteiger partial charge in [-0.2, -0.15) is 0 Å². The highest BCUT2D eigenvalue weighted by molar-refractivity contribution is 7.73. The van der Waals surface area contributed by atoms with Crippen molar-refractivity contribution in [1.82, 2.24) is 9.88 Å². The van der Waals surface area contributed by atoms with Gasteiger partial charge < -0.3 is 15.5 Å². The van der Waals surface area contributed by atoms with Gasteiger partial charge in [0, 0.05) is 43.3 Å². The van der Waals surface area contributed by atoms with Crippen molar-refractivity contribution in [3.63, 3.8) is 0 Å². The van der Waals surface area contributed by atoms with Crippen LogP contribution in [0.2, 0.25) is 0 Å². The lowest BCUT2D eigenvalue weighted by molar-refractivity contribution is -0.137. The second-order valence-electron chi connectivity index (χ2n) is 7.95. The van der Waals surface area contributed by atoms with Crippen molar-refractivity contribution in [3.8, 4) is 5.88 Å². The minimum atomic E-state index is -0.779. The molecule has 1 aromatic heterocycles. The number of carbonyl (C=O) groups is 2. The molecule has 1 aromatic carbocycles. The summed E-state index contributed by atoms with van der Waals surface area (Å²) in [7, 11) is 0. The van der Waals surface area contributed by atoms with Crippen LogP contribution in [0.1, 0.15) is 61.8 Å². The van der Waals surface area contributed by atoms with Crippen molar-refractivity contribution in [3.05, 3.63) is 38.7 Å². The third kappa shape index (κ3) is 7.36. The Morgan fingerprint density at radius 1 is 1.09 bits per heavy atom. The van der Waals surface area contributed by atoms with Crippen LogP contribution in [0, 0.1) is 3.95 Å². The molecule has 33 heavy (non-hydrogen) atoms. The van der Waals surface area contributed by atoms with Gasteiger partial charge in [0.25, 0.3) is 0 Å². The lowest BCUT2D eigenvalue weighted by Gasteiger charge is -2.06. The van der Waals surface area contributed by atoms with Gasteiger partial charge in [-0.25, -0.2) is 0 Å². The van der Waals surface area contributed by atoms with E-state index in [4.69, 9.17) is 17.3 Å². The maximum absolute atomic E-state index is 11.9. The van der Waals surface area contributed by atoms with Crippen molar-refractivity contribution in [2.45, 2.75) is 57.9 Å². The van der Waals surface area contributed by atoms with Crippen LogP contribution in [0.4, 0.5) is 5.69 Å². The molecule has 9 heteroatoms. The van der Waals surface area contributed by atoms with Gasteiger partial charge >= 0.3 is 5.97 Å². The Morgan fingerprint density at radius 2 is 1.85 bits per heavy atom. The van der Waals surface area contributed by atoms with Crippen molar-refractivity contribution >= 4 is 59.0 Å². The van der Waals surface area contributed by atoms with E-state index in [-0.39, 0.29) is 18.2 Å². The Labute approximate surface area is 202 Å². The molecule has 0 atom stereocenters. The molecule has 2 aromatic rings. The van der Waals surface area contributed by atoms with Gasteiger partial charge in [-0.05, 0) is 50.0 Å². The van der Waals surface area contributed by atoms with Gasteiger partial charge in [0.15, 0.2) is 3.95 Å². The molecule has 3 rings (SSSR count). The number of carbonyl (C=O) groups excluding carboxylic acids is 1. The zero-order chi connectivity index (χ0) is 23.6. The smallest absolute Gasteiger partial charge is 0.303 e. The molecular weight excluding hydrogens is 458 g/mol. The number of para-hydroxylation sites is 1. The Bertz CT molecular complexity index is 1100. The third-order valence-corrected chi connectivity index (χ3v) is 6.80. The molecule has 2 heterocycles. The average molecular weight is 488 g/mol. The largest absolute Gasteiger partial charge is 0.493 e. The Kier molecular flexibility index (Phi) is 9.38. The third-order valence-electron chi connectivity index (χ3n) is 5.41. The van der Waals surface area contributed by atoms with Crippen LogP contribution in [0.25, 0.3) is 11.6 Å². The predicted molar refractivity (Wildman–Crippen MR) is 135 cm³/mol. The number of aromatic nitrogens is 1. The first-order valence-electron chi connectivity index (χ1n) is 11.2. The average Bonchev–Trinajstić information content (AvgIpc) is 3.31. The molecule has 3 N–H and O–H groups in total. The van der Waals surface area contributed by atoms with Gasteiger partial charge in [0.1, 0.15) is 0 Å². The van der Waals surface area contributed by atoms with Crippen molar-refractivity contribution in [2.24, 2.45) is 4.99 Å². The van der Waals surface area contributed by atoms with E-state index in [0.717, 1.165) is 53.8 Å². The second kappa shape index (κ2) is 12.5. The molecule has 0 saturated carbocycles. The summed E-state index contributed by atoms with van der Waals surface area (Å²) in [5.41, 5.74) is 2.92. The van der Waals surface area contributed by atoms with Gasteiger partial charge in [0.2, 0.25) is 11.8 Å². The van der Waals surface area contributed by atoms with Gasteiger partial charge in [-0.15, -0.1) is 11.3 Å². The Hall–Kier alpha value is -2.78. The summed E-state index contributed by atoms with van der Waals surface area (Å²) >= 11 is 6.83. The fraction of sp³-hybridized carbons (Fsp3) is 0.417. The molecule has 0 saturated heterocycles. The predicted octanol–water partition coefficient (Wildman–Crippen LogP) is 5.56. The number of hydrogen-bond acceptors (Lipinski definition) is 6. The topological polar surface area (TPSA) is 104 Å². The zero-order valence-electron chi connectivity index (χ0n) is 18.5. The summed E-state index contributed by atoms with van der Waals surface area (Å²) in [6.07, 6.45) is 9.06. The van der Waals surface area contributed by atoms with E-state index < -0.39 is 5.97 Å². The maximum Gasteiger partial charge on any atom is 0.303 e. The molecule has 0 bridgehead atoms. The Balaban J connectivity index is 1.39. The van der Waals surface area contributed by atoms with Crippen molar-refractivity contribution in [1.29, 1.82) is 0 Å². The monoisotopic (exact) mass is 487 g/mol. The number of carboxylic acid groups (broad SMARTS) is 1. The minimum absolute atomic E-state index is 0.0237. The standard InChI is InChI=1S/C24H29N3O4S2/c28-21(25-13-7-1-4-12-22(29)30)11-3-2-8-14-27-23(31)20(33-24(27)32)15-17-16-26-19-10-6-5-9-18(17)19/h5-6,9-10,15-16,31H,1-4,7-8,11-14H2,(H,25,28)(H,29,30)/b17-15+. The summed E-state index contributed by atoms with van der Waals surface area (Å²) in [6, 6.07) is 7.89. The van der Waals surface area contributed by atoms with Crippen molar-refractivity contribution < 1.29 is 19.8 Å². The first-order valence-corrected chi connectivity index (χ1v) is 12.4. The molecule has 7 nitrogen and oxygen atoms in total. The number of aliphatic carboxylic acids is 1. The summed E-state index contributed by atoms with van der Waals surface area (Å²) in [4.78, 5) is 27.5. The molecule has 0 fully saturated rings. The number of aromatic hydroxyl groups is 1. The van der Waals surface area contributed by atoms with Crippen LogP contribution in [0.5, 0.6) is 5.88 Å². The molecular formula is C24H29N3O4S2. The van der Waals surface area contributed by atoms with Gasteiger partial charge in [0.05, 0.1) is 10.6 Å². The summed E-state index contributed by atoms with van der Waals surface area (Å²) in [5.74, 6) is -0.579. The minimum Gasteiger partial charge on any atom is -0.493 e. The van der Waals surface area contributed by atoms with E-state index in [0.29, 0.717) is 29.9 Å². The Morgan fingerprint density at radius 3 is 2.67 bits per heavy atom. The second-order valence-corrected chi connectivity index (χ2v) is 9.62.